The molecule has 2 fully saturated rings. The predicted octanol–water partition coefficient (Wildman–Crippen LogP) is 10.5. The molecule has 0 nitrogen and oxygen atoms in total. The van der Waals surface area contributed by atoms with Crippen molar-refractivity contribution in [2.24, 2.45) is 17.8 Å². The van der Waals surface area contributed by atoms with Gasteiger partial charge in [0.25, 0.3) is 0 Å². The zero-order chi connectivity index (χ0) is 24.6. The average molecular weight is 501 g/mol. The van der Waals surface area contributed by atoms with Crippen molar-refractivity contribution in [2.75, 3.05) is 0 Å². The molecular weight excluding hydrogens is 458 g/mol. The Bertz CT molecular complexity index is 883. The third-order valence-electron chi connectivity index (χ3n) is 8.96. The number of hydrogen-bond acceptors (Lipinski definition) is 0. The van der Waals surface area contributed by atoms with E-state index in [9.17, 15) is 8.78 Å². The Hall–Kier alpha value is -1.41. The number of aryl methyl sites for hydroxylation is 2. The Morgan fingerprint density at radius 3 is 1.71 bits per heavy atom. The molecule has 0 aliphatic heterocycles. The van der Waals surface area contributed by atoms with Crippen LogP contribution in [0.5, 0.6) is 0 Å². The van der Waals surface area contributed by atoms with Gasteiger partial charge in [0.05, 0.1) is 0 Å². The van der Waals surface area contributed by atoms with E-state index < -0.39 is 16.7 Å². The van der Waals surface area contributed by atoms with Gasteiger partial charge in [0.15, 0.2) is 0 Å². The minimum atomic E-state index is -0.678. The SMILES string of the molecule is CCCC[C@H]1CC[C@H](CCC2CCC(c3ccc(CCc4cc(F)c(Cl)c(F)c4)cc3)CC2)CC1. The number of hydrogen-bond donors (Lipinski definition) is 0. The van der Waals surface area contributed by atoms with Crippen LogP contribution in [-0.4, -0.2) is 0 Å². The van der Waals surface area contributed by atoms with Gasteiger partial charge < -0.3 is 0 Å². The lowest BCUT2D eigenvalue weighted by Crippen LogP contribution is -2.17. The Labute approximate surface area is 216 Å². The van der Waals surface area contributed by atoms with Gasteiger partial charge in [0.1, 0.15) is 16.7 Å². The van der Waals surface area contributed by atoms with E-state index in [4.69, 9.17) is 11.6 Å². The quantitative estimate of drug-likeness (QED) is 0.284. The first-order valence-electron chi connectivity index (χ1n) is 14.2. The minimum absolute atomic E-state index is 0.419. The van der Waals surface area contributed by atoms with Crippen LogP contribution in [0.2, 0.25) is 5.02 Å². The second kappa shape index (κ2) is 13.2. The van der Waals surface area contributed by atoms with Crippen LogP contribution >= 0.6 is 11.6 Å². The second-order valence-electron chi connectivity index (χ2n) is 11.4. The van der Waals surface area contributed by atoms with E-state index in [0.29, 0.717) is 17.9 Å². The molecule has 0 unspecified atom stereocenters. The first-order chi connectivity index (χ1) is 17.0. The van der Waals surface area contributed by atoms with E-state index in [1.165, 1.54) is 107 Å². The summed E-state index contributed by atoms with van der Waals surface area (Å²) in [5, 5.41) is -0.419. The molecule has 0 saturated heterocycles. The molecule has 192 valence electrons. The molecule has 0 bridgehead atoms. The number of halogens is 3. The second-order valence-corrected chi connectivity index (χ2v) is 11.8. The van der Waals surface area contributed by atoms with Gasteiger partial charge in [-0.3, -0.25) is 0 Å². The fourth-order valence-corrected chi connectivity index (χ4v) is 6.66. The topological polar surface area (TPSA) is 0 Å². The van der Waals surface area contributed by atoms with Crippen molar-refractivity contribution < 1.29 is 8.78 Å². The number of rotatable bonds is 10. The first kappa shape index (κ1) is 26.6. The predicted molar refractivity (Wildman–Crippen MR) is 144 cm³/mol. The van der Waals surface area contributed by atoms with Crippen molar-refractivity contribution in [1.29, 1.82) is 0 Å². The Morgan fingerprint density at radius 1 is 0.686 bits per heavy atom. The highest BCUT2D eigenvalue weighted by Gasteiger charge is 2.25. The van der Waals surface area contributed by atoms with Crippen LogP contribution in [0.25, 0.3) is 0 Å². The molecule has 2 saturated carbocycles. The van der Waals surface area contributed by atoms with Gasteiger partial charge in [-0.15, -0.1) is 0 Å². The molecule has 0 N–H and O–H groups in total. The van der Waals surface area contributed by atoms with E-state index >= 15 is 0 Å². The molecule has 0 aromatic heterocycles. The highest BCUT2D eigenvalue weighted by atomic mass is 35.5. The fourth-order valence-electron chi connectivity index (χ4n) is 6.55. The maximum absolute atomic E-state index is 13.7. The Balaban J connectivity index is 1.16. The van der Waals surface area contributed by atoms with E-state index in [2.05, 4.69) is 31.2 Å². The fraction of sp³-hybridized carbons (Fsp3) is 0.625. The van der Waals surface area contributed by atoms with Gasteiger partial charge in [-0.1, -0.05) is 101 Å². The van der Waals surface area contributed by atoms with Crippen molar-refractivity contribution in [2.45, 2.75) is 109 Å². The van der Waals surface area contributed by atoms with Gasteiger partial charge in [-0.25, -0.2) is 8.78 Å². The van der Waals surface area contributed by atoms with Crippen LogP contribution in [0.3, 0.4) is 0 Å². The van der Waals surface area contributed by atoms with Crippen LogP contribution in [0.4, 0.5) is 8.78 Å². The molecule has 4 rings (SSSR count). The van der Waals surface area contributed by atoms with Crippen LogP contribution in [0.1, 0.15) is 113 Å². The monoisotopic (exact) mass is 500 g/mol. The molecule has 0 spiro atoms. The van der Waals surface area contributed by atoms with Crippen molar-refractivity contribution in [1.82, 2.24) is 0 Å². The lowest BCUT2D eigenvalue weighted by atomic mass is 9.74. The van der Waals surface area contributed by atoms with Gasteiger partial charge in [0.2, 0.25) is 0 Å². The standard InChI is InChI=1S/C32H43ClF2/c1-2-3-4-23-5-7-24(8-6-23)9-10-25-13-17-28(18-14-25)29-19-15-26(16-20-29)11-12-27-21-30(34)32(33)31(35)22-27/h15-16,19-25,28H,2-14,17-18H2,1H3/t23-,24-,25?,28?. The smallest absolute Gasteiger partial charge is 0.145 e. The van der Waals surface area contributed by atoms with Crippen LogP contribution in [0.15, 0.2) is 36.4 Å². The van der Waals surface area contributed by atoms with Crippen LogP contribution in [0, 0.1) is 29.4 Å². The highest BCUT2D eigenvalue weighted by molar-refractivity contribution is 6.30. The van der Waals surface area contributed by atoms with E-state index in [0.717, 1.165) is 24.2 Å². The molecule has 3 heteroatoms. The molecule has 0 atom stereocenters. The van der Waals surface area contributed by atoms with Crippen molar-refractivity contribution >= 4 is 11.6 Å². The maximum atomic E-state index is 13.7. The summed E-state index contributed by atoms with van der Waals surface area (Å²) in [6, 6.07) is 11.6. The van der Waals surface area contributed by atoms with Crippen molar-refractivity contribution in [3.05, 3.63) is 69.7 Å². The van der Waals surface area contributed by atoms with Gasteiger partial charge in [-0.05, 0) is 91.0 Å². The zero-order valence-corrected chi connectivity index (χ0v) is 22.3. The summed E-state index contributed by atoms with van der Waals surface area (Å²) in [7, 11) is 0. The first-order valence-corrected chi connectivity index (χ1v) is 14.6. The molecule has 2 aliphatic rings. The minimum Gasteiger partial charge on any atom is -0.205 e. The van der Waals surface area contributed by atoms with Gasteiger partial charge >= 0.3 is 0 Å². The molecule has 2 aromatic rings. The Kier molecular flexibility index (Phi) is 10.1. The summed E-state index contributed by atoms with van der Waals surface area (Å²) in [4.78, 5) is 0. The third-order valence-corrected chi connectivity index (χ3v) is 9.32. The summed E-state index contributed by atoms with van der Waals surface area (Å²) >= 11 is 5.59. The molecule has 2 aromatic carbocycles. The van der Waals surface area contributed by atoms with Crippen LogP contribution in [-0.2, 0) is 12.8 Å². The molecule has 0 radical (unpaired) electrons. The van der Waals surface area contributed by atoms with Gasteiger partial charge in [-0.2, -0.15) is 0 Å². The molecular formula is C32H43ClF2. The van der Waals surface area contributed by atoms with Crippen molar-refractivity contribution in [3.8, 4) is 0 Å². The maximum Gasteiger partial charge on any atom is 0.145 e. The summed E-state index contributed by atoms with van der Waals surface area (Å²) in [6.07, 6.45) is 19.9. The van der Waals surface area contributed by atoms with Gasteiger partial charge in [0, 0.05) is 0 Å². The molecule has 0 heterocycles. The largest absolute Gasteiger partial charge is 0.205 e. The third kappa shape index (κ3) is 7.78. The van der Waals surface area contributed by atoms with Crippen molar-refractivity contribution in [3.63, 3.8) is 0 Å². The molecule has 0 amide bonds. The number of unbranched alkanes of at least 4 members (excludes halogenated alkanes) is 1. The van der Waals surface area contributed by atoms with E-state index in [1.54, 1.807) is 0 Å². The normalized spacial score (nSPS) is 25.0. The Morgan fingerprint density at radius 2 is 1.17 bits per heavy atom. The summed E-state index contributed by atoms with van der Waals surface area (Å²) in [5.41, 5.74) is 3.32. The highest BCUT2D eigenvalue weighted by Crippen LogP contribution is 2.40. The van der Waals surface area contributed by atoms with E-state index in [-0.39, 0.29) is 0 Å². The lowest BCUT2D eigenvalue weighted by molar-refractivity contribution is 0.222. The van der Waals surface area contributed by atoms with E-state index in [1.807, 2.05) is 0 Å². The lowest BCUT2D eigenvalue weighted by Gasteiger charge is -2.32. The summed E-state index contributed by atoms with van der Waals surface area (Å²) in [6.45, 7) is 2.31. The molecule has 35 heavy (non-hydrogen) atoms. The summed E-state index contributed by atoms with van der Waals surface area (Å²) < 4.78 is 27.3. The number of benzene rings is 2. The molecule has 2 aliphatic carbocycles. The van der Waals surface area contributed by atoms with Crippen LogP contribution < -0.4 is 0 Å². The average Bonchev–Trinajstić information content (AvgIpc) is 2.89. The summed E-state index contributed by atoms with van der Waals surface area (Å²) in [5.74, 6) is 2.29. The zero-order valence-electron chi connectivity index (χ0n) is 21.5.